The van der Waals surface area contributed by atoms with Crippen molar-refractivity contribution in [2.45, 2.75) is 6.92 Å². The van der Waals surface area contributed by atoms with Crippen molar-refractivity contribution >= 4 is 11.6 Å². The number of aromatic nitrogens is 5. The summed E-state index contributed by atoms with van der Waals surface area (Å²) >= 11 is 0. The molecule has 2 aliphatic rings. The molecule has 1 aromatic rings. The molecule has 0 spiro atoms. The average molecular weight is 309 g/mol. The second-order valence-electron chi connectivity index (χ2n) is 5.23. The maximum absolute atomic E-state index is 12.2. The van der Waals surface area contributed by atoms with Gasteiger partial charge in [0.1, 0.15) is 0 Å². The van der Waals surface area contributed by atoms with Crippen molar-refractivity contribution in [2.24, 2.45) is 14.1 Å². The van der Waals surface area contributed by atoms with E-state index >= 15 is 0 Å². The number of aryl methyl sites for hydroxylation is 1. The normalized spacial score (nSPS) is 11.9. The zero-order valence-corrected chi connectivity index (χ0v) is 13.0. The highest BCUT2D eigenvalue weighted by Crippen LogP contribution is 2.16. The molecule has 0 aliphatic carbocycles. The zero-order valence-electron chi connectivity index (χ0n) is 13.0. The fourth-order valence-corrected chi connectivity index (χ4v) is 2.23. The largest absolute Gasteiger partial charge is 0.352 e. The standard InChI is InChI=1S/C16H15N5O2/c1-10(9-11-7-5-4-6-8-11)13-17-12-14(21(3)19-13)18-16(23)20(2)15(12)22/h4-9H,1-3H3/b10-9-. The fraction of sp³-hybridized carbons (Fsp3) is 0.188. The van der Waals surface area contributed by atoms with Crippen LogP contribution in [0.15, 0.2) is 39.9 Å². The first kappa shape index (κ1) is 14.8. The van der Waals surface area contributed by atoms with Crippen LogP contribution in [0.1, 0.15) is 18.3 Å². The van der Waals surface area contributed by atoms with E-state index in [2.05, 4.69) is 15.1 Å². The molecule has 1 aromatic carbocycles. The third kappa shape index (κ3) is 2.68. The summed E-state index contributed by atoms with van der Waals surface area (Å²) in [6.45, 7) is 1.87. The average Bonchev–Trinajstić information content (AvgIpc) is 2.54. The maximum Gasteiger partial charge on any atom is 0.352 e. The molecule has 2 aliphatic heterocycles. The molecule has 0 bridgehead atoms. The Bertz CT molecular complexity index is 986. The van der Waals surface area contributed by atoms with Crippen molar-refractivity contribution < 1.29 is 0 Å². The Morgan fingerprint density at radius 2 is 1.78 bits per heavy atom. The smallest absolute Gasteiger partial charge is 0.267 e. The Labute approximate surface area is 131 Å². The summed E-state index contributed by atoms with van der Waals surface area (Å²) in [5.74, 6) is 0.593. The van der Waals surface area contributed by atoms with Gasteiger partial charge in [-0.3, -0.25) is 9.36 Å². The molecule has 0 radical (unpaired) electrons. The molecular weight excluding hydrogens is 294 g/mol. The highest BCUT2D eigenvalue weighted by molar-refractivity contribution is 5.77. The summed E-state index contributed by atoms with van der Waals surface area (Å²) < 4.78 is 2.35. The Kier molecular flexibility index (Phi) is 3.61. The van der Waals surface area contributed by atoms with Crippen LogP contribution < -0.4 is 11.2 Å². The molecule has 0 aromatic heterocycles. The Balaban J connectivity index is 2.21. The van der Waals surface area contributed by atoms with E-state index in [1.807, 2.05) is 43.3 Å². The Hall–Kier alpha value is -3.09. The monoisotopic (exact) mass is 309 g/mol. The summed E-state index contributed by atoms with van der Waals surface area (Å²) in [6.07, 6.45) is 1.93. The van der Waals surface area contributed by atoms with E-state index in [4.69, 9.17) is 0 Å². The van der Waals surface area contributed by atoms with Gasteiger partial charge in [-0.1, -0.05) is 30.3 Å². The van der Waals surface area contributed by atoms with Gasteiger partial charge in [0.05, 0.1) is 0 Å². The molecule has 0 fully saturated rings. The predicted molar refractivity (Wildman–Crippen MR) is 86.9 cm³/mol. The summed E-state index contributed by atoms with van der Waals surface area (Å²) in [4.78, 5) is 32.0. The fourth-order valence-electron chi connectivity index (χ4n) is 2.23. The number of rotatable bonds is 2. The van der Waals surface area contributed by atoms with Gasteiger partial charge >= 0.3 is 5.69 Å². The van der Waals surface area contributed by atoms with Crippen molar-refractivity contribution in [1.82, 2.24) is 24.3 Å². The molecule has 0 unspecified atom stereocenters. The lowest BCUT2D eigenvalue weighted by Crippen LogP contribution is -2.37. The van der Waals surface area contributed by atoms with E-state index in [9.17, 15) is 9.59 Å². The quantitative estimate of drug-likeness (QED) is 0.703. The topological polar surface area (TPSA) is 82.7 Å². The SMILES string of the molecule is C/C(=C/c1ccccc1)c1nc2c(=O)n(C)c(=O)nc-2n(C)n1. The van der Waals surface area contributed by atoms with Gasteiger partial charge in [0.25, 0.3) is 5.56 Å². The second kappa shape index (κ2) is 5.60. The molecular formula is C16H15N5O2. The molecule has 23 heavy (non-hydrogen) atoms. The molecule has 2 heterocycles. The molecule has 0 atom stereocenters. The Morgan fingerprint density at radius 1 is 1.09 bits per heavy atom. The summed E-state index contributed by atoms with van der Waals surface area (Å²) in [6, 6.07) is 9.75. The van der Waals surface area contributed by atoms with Gasteiger partial charge in [-0.15, -0.1) is 0 Å². The minimum Gasteiger partial charge on any atom is -0.267 e. The summed E-state index contributed by atoms with van der Waals surface area (Å²) in [5, 5.41) is 4.30. The van der Waals surface area contributed by atoms with Crippen molar-refractivity contribution in [2.75, 3.05) is 0 Å². The number of allylic oxidation sites excluding steroid dienone is 1. The first-order valence-corrected chi connectivity index (χ1v) is 7.03. The lowest BCUT2D eigenvalue weighted by Gasteiger charge is -2.11. The highest BCUT2D eigenvalue weighted by Gasteiger charge is 2.19. The highest BCUT2D eigenvalue weighted by atomic mass is 16.2. The van der Waals surface area contributed by atoms with Crippen molar-refractivity contribution in [3.63, 3.8) is 0 Å². The van der Waals surface area contributed by atoms with E-state index in [0.717, 1.165) is 15.7 Å². The van der Waals surface area contributed by atoms with E-state index in [0.29, 0.717) is 5.82 Å². The van der Waals surface area contributed by atoms with Crippen LogP contribution in [0.5, 0.6) is 0 Å². The predicted octanol–water partition coefficient (Wildman–Crippen LogP) is 0.934. The third-order valence-corrected chi connectivity index (χ3v) is 3.51. The van der Waals surface area contributed by atoms with Gasteiger partial charge in [0, 0.05) is 14.1 Å². The van der Waals surface area contributed by atoms with Crippen LogP contribution in [0.2, 0.25) is 0 Å². The molecule has 0 saturated heterocycles. The second-order valence-corrected chi connectivity index (χ2v) is 5.23. The molecule has 116 valence electrons. The zero-order chi connectivity index (χ0) is 16.6. The first-order chi connectivity index (χ1) is 11.0. The van der Waals surface area contributed by atoms with E-state index in [-0.39, 0.29) is 11.5 Å². The molecule has 0 saturated carbocycles. The van der Waals surface area contributed by atoms with Crippen LogP contribution >= 0.6 is 0 Å². The van der Waals surface area contributed by atoms with E-state index in [1.54, 1.807) is 7.05 Å². The molecule has 7 heteroatoms. The van der Waals surface area contributed by atoms with Crippen LogP contribution in [-0.2, 0) is 14.1 Å². The van der Waals surface area contributed by atoms with Crippen molar-refractivity contribution in [3.05, 3.63) is 62.6 Å². The minimum atomic E-state index is -0.619. The molecule has 7 nitrogen and oxygen atoms in total. The van der Waals surface area contributed by atoms with Crippen LogP contribution in [0.4, 0.5) is 0 Å². The molecule has 3 rings (SSSR count). The number of nitrogens with zero attached hydrogens (tertiary/aromatic N) is 5. The summed E-state index contributed by atoms with van der Waals surface area (Å²) in [5.41, 5.74) is 0.845. The van der Waals surface area contributed by atoms with Crippen molar-refractivity contribution in [1.29, 1.82) is 0 Å². The van der Waals surface area contributed by atoms with Crippen LogP contribution in [-0.4, -0.2) is 24.3 Å². The maximum atomic E-state index is 12.2. The lowest BCUT2D eigenvalue weighted by atomic mass is 10.1. The Morgan fingerprint density at radius 3 is 2.48 bits per heavy atom. The minimum absolute atomic E-state index is 0.125. The van der Waals surface area contributed by atoms with Gasteiger partial charge in [-0.2, -0.15) is 10.1 Å². The number of benzene rings is 1. The van der Waals surface area contributed by atoms with Gasteiger partial charge in [-0.05, 0) is 24.1 Å². The molecule has 0 N–H and O–H groups in total. The van der Waals surface area contributed by atoms with Crippen LogP contribution in [0, 0.1) is 0 Å². The van der Waals surface area contributed by atoms with Crippen LogP contribution in [0.3, 0.4) is 0 Å². The molecule has 0 amide bonds. The number of hydrogen-bond acceptors (Lipinski definition) is 5. The van der Waals surface area contributed by atoms with Gasteiger partial charge < -0.3 is 0 Å². The van der Waals surface area contributed by atoms with Gasteiger partial charge in [0.2, 0.25) is 0 Å². The first-order valence-electron chi connectivity index (χ1n) is 7.03. The number of fused-ring (bicyclic) bond motifs is 1. The van der Waals surface area contributed by atoms with Gasteiger partial charge in [0.15, 0.2) is 17.3 Å². The van der Waals surface area contributed by atoms with E-state index in [1.165, 1.54) is 11.7 Å². The van der Waals surface area contributed by atoms with Gasteiger partial charge in [-0.25, -0.2) is 14.5 Å². The number of hydrogen-bond donors (Lipinski definition) is 0. The third-order valence-electron chi connectivity index (χ3n) is 3.51. The lowest BCUT2D eigenvalue weighted by molar-refractivity contribution is 0.668. The van der Waals surface area contributed by atoms with E-state index < -0.39 is 11.2 Å². The van der Waals surface area contributed by atoms with Crippen molar-refractivity contribution in [3.8, 4) is 11.5 Å². The van der Waals surface area contributed by atoms with Crippen LogP contribution in [0.25, 0.3) is 23.2 Å². The summed E-state index contributed by atoms with van der Waals surface area (Å²) in [7, 11) is 3.01.